The van der Waals surface area contributed by atoms with Crippen molar-refractivity contribution in [2.45, 2.75) is 30.7 Å². The van der Waals surface area contributed by atoms with Gasteiger partial charge in [-0.05, 0) is 36.3 Å². The van der Waals surface area contributed by atoms with E-state index in [2.05, 4.69) is 24.3 Å². The summed E-state index contributed by atoms with van der Waals surface area (Å²) in [4.78, 5) is 15.5. The Hall–Kier alpha value is -1.74. The van der Waals surface area contributed by atoms with Crippen molar-refractivity contribution in [3.05, 3.63) is 60.2 Å². The highest BCUT2D eigenvalue weighted by molar-refractivity contribution is 7.99. The van der Waals surface area contributed by atoms with E-state index in [1.54, 1.807) is 6.92 Å². The van der Waals surface area contributed by atoms with E-state index >= 15 is 0 Å². The van der Waals surface area contributed by atoms with Gasteiger partial charge in [0.2, 0.25) is 5.91 Å². The van der Waals surface area contributed by atoms with Crippen LogP contribution < -0.4 is 4.90 Å². The van der Waals surface area contributed by atoms with Crippen LogP contribution in [0.25, 0.3) is 0 Å². The van der Waals surface area contributed by atoms with Gasteiger partial charge >= 0.3 is 0 Å². The second-order valence-corrected chi connectivity index (χ2v) is 6.41. The van der Waals surface area contributed by atoms with E-state index in [0.29, 0.717) is 0 Å². The largest absolute Gasteiger partial charge is 0.304 e. The summed E-state index contributed by atoms with van der Waals surface area (Å²) in [7, 11) is 0. The molecule has 1 heterocycles. The molecule has 0 saturated carbocycles. The first-order chi connectivity index (χ1) is 10.3. The third-order valence-electron chi connectivity index (χ3n) is 3.84. The summed E-state index contributed by atoms with van der Waals surface area (Å²) >= 11 is 1.85. The van der Waals surface area contributed by atoms with Crippen LogP contribution in [0, 0.1) is 0 Å². The van der Waals surface area contributed by atoms with Gasteiger partial charge in [0.25, 0.3) is 0 Å². The van der Waals surface area contributed by atoms with E-state index in [-0.39, 0.29) is 11.9 Å². The quantitative estimate of drug-likeness (QED) is 0.762. The molecule has 0 N–H and O–H groups in total. The molecule has 0 spiro atoms. The van der Waals surface area contributed by atoms with Crippen molar-refractivity contribution < 1.29 is 4.79 Å². The van der Waals surface area contributed by atoms with Crippen LogP contribution in [0.1, 0.15) is 31.4 Å². The van der Waals surface area contributed by atoms with Crippen LogP contribution in [0.2, 0.25) is 0 Å². The van der Waals surface area contributed by atoms with Crippen molar-refractivity contribution in [3.8, 4) is 0 Å². The molecular formula is C18H19NOS. The molecule has 0 bridgehead atoms. The molecule has 1 atom stereocenters. The Labute approximate surface area is 130 Å². The topological polar surface area (TPSA) is 20.3 Å². The number of fused-ring (bicyclic) bond motifs is 1. The number of rotatable bonds is 1. The van der Waals surface area contributed by atoms with Crippen molar-refractivity contribution in [1.82, 2.24) is 0 Å². The van der Waals surface area contributed by atoms with E-state index in [0.717, 1.165) is 24.3 Å². The summed E-state index contributed by atoms with van der Waals surface area (Å²) in [5.41, 5.74) is 2.26. The van der Waals surface area contributed by atoms with Crippen LogP contribution in [0.3, 0.4) is 0 Å². The Balaban J connectivity index is 2.09. The van der Waals surface area contributed by atoms with Gasteiger partial charge in [-0.3, -0.25) is 4.79 Å². The number of para-hydroxylation sites is 1. The van der Waals surface area contributed by atoms with Crippen LogP contribution in [0.15, 0.2) is 59.5 Å². The molecular weight excluding hydrogens is 278 g/mol. The van der Waals surface area contributed by atoms with Gasteiger partial charge in [0.1, 0.15) is 0 Å². The Kier molecular flexibility index (Phi) is 4.30. The lowest BCUT2D eigenvalue weighted by molar-refractivity contribution is -0.117. The van der Waals surface area contributed by atoms with Crippen molar-refractivity contribution in [3.63, 3.8) is 0 Å². The van der Waals surface area contributed by atoms with Crippen molar-refractivity contribution in [2.24, 2.45) is 0 Å². The molecule has 0 saturated heterocycles. The smallest absolute Gasteiger partial charge is 0.224 e. The molecule has 21 heavy (non-hydrogen) atoms. The number of hydrogen-bond acceptors (Lipinski definition) is 2. The standard InChI is InChI=1S/C18H19NOS/c1-14(20)19-16(15-8-3-2-4-9-15)11-7-13-21-18-12-6-5-10-17(18)19/h2-6,8-10,12,16H,7,11,13H2,1H3. The summed E-state index contributed by atoms with van der Waals surface area (Å²) in [5.74, 6) is 1.21. The van der Waals surface area contributed by atoms with E-state index in [9.17, 15) is 4.79 Å². The lowest BCUT2D eigenvalue weighted by Crippen LogP contribution is -2.34. The van der Waals surface area contributed by atoms with E-state index in [4.69, 9.17) is 0 Å². The summed E-state index contributed by atoms with van der Waals surface area (Å²) in [5, 5.41) is 0. The molecule has 2 aromatic rings. The molecule has 1 unspecified atom stereocenters. The first-order valence-electron chi connectivity index (χ1n) is 7.34. The fraction of sp³-hybridized carbons (Fsp3) is 0.278. The van der Waals surface area contributed by atoms with Gasteiger partial charge in [0, 0.05) is 11.8 Å². The van der Waals surface area contributed by atoms with Crippen molar-refractivity contribution in [1.29, 1.82) is 0 Å². The molecule has 3 heteroatoms. The number of anilines is 1. The Morgan fingerprint density at radius 3 is 2.57 bits per heavy atom. The van der Waals surface area contributed by atoms with Gasteiger partial charge in [-0.1, -0.05) is 42.5 Å². The summed E-state index contributed by atoms with van der Waals surface area (Å²) in [6.45, 7) is 1.67. The molecule has 1 amide bonds. The number of benzene rings is 2. The van der Waals surface area contributed by atoms with Crippen LogP contribution in [-0.4, -0.2) is 11.7 Å². The van der Waals surface area contributed by atoms with Gasteiger partial charge in [-0.15, -0.1) is 11.8 Å². The zero-order chi connectivity index (χ0) is 14.7. The number of amides is 1. The molecule has 2 aromatic carbocycles. The molecule has 3 rings (SSSR count). The van der Waals surface area contributed by atoms with Crippen LogP contribution >= 0.6 is 11.8 Å². The minimum atomic E-state index is 0.110. The number of carbonyl (C=O) groups is 1. The molecule has 1 aliphatic heterocycles. The highest BCUT2D eigenvalue weighted by Crippen LogP contribution is 2.40. The maximum Gasteiger partial charge on any atom is 0.224 e. The molecule has 0 aliphatic carbocycles. The minimum absolute atomic E-state index is 0.110. The minimum Gasteiger partial charge on any atom is -0.304 e. The van der Waals surface area contributed by atoms with E-state index < -0.39 is 0 Å². The Morgan fingerprint density at radius 2 is 1.81 bits per heavy atom. The fourth-order valence-corrected chi connectivity index (χ4v) is 3.93. The number of thioether (sulfide) groups is 1. The molecule has 0 radical (unpaired) electrons. The maximum atomic E-state index is 12.3. The summed E-state index contributed by atoms with van der Waals surface area (Å²) in [6, 6.07) is 18.7. The average Bonchev–Trinajstić information content (AvgIpc) is 2.48. The molecule has 1 aliphatic rings. The van der Waals surface area contributed by atoms with Crippen molar-refractivity contribution >= 4 is 23.4 Å². The third kappa shape index (κ3) is 2.98. The number of nitrogens with zero attached hydrogens (tertiary/aromatic N) is 1. The highest BCUT2D eigenvalue weighted by Gasteiger charge is 2.27. The van der Waals surface area contributed by atoms with Crippen LogP contribution in [0.5, 0.6) is 0 Å². The summed E-state index contributed by atoms with van der Waals surface area (Å²) in [6.07, 6.45) is 2.12. The average molecular weight is 297 g/mol. The first-order valence-corrected chi connectivity index (χ1v) is 8.32. The lowest BCUT2D eigenvalue weighted by atomic mass is 9.99. The Morgan fingerprint density at radius 1 is 1.10 bits per heavy atom. The second kappa shape index (κ2) is 6.35. The third-order valence-corrected chi connectivity index (χ3v) is 4.99. The normalized spacial score (nSPS) is 18.5. The van der Waals surface area contributed by atoms with Crippen molar-refractivity contribution in [2.75, 3.05) is 10.7 Å². The van der Waals surface area contributed by atoms with Gasteiger partial charge in [0.15, 0.2) is 0 Å². The first kappa shape index (κ1) is 14.2. The monoisotopic (exact) mass is 297 g/mol. The number of carbonyl (C=O) groups excluding carboxylic acids is 1. The zero-order valence-corrected chi connectivity index (χ0v) is 13.0. The Bertz CT molecular complexity index is 626. The molecule has 0 aromatic heterocycles. The number of hydrogen-bond donors (Lipinski definition) is 0. The van der Waals surface area contributed by atoms with Gasteiger partial charge in [-0.2, -0.15) is 0 Å². The lowest BCUT2D eigenvalue weighted by Gasteiger charge is -2.34. The summed E-state index contributed by atoms with van der Waals surface area (Å²) < 4.78 is 0. The van der Waals surface area contributed by atoms with Gasteiger partial charge in [-0.25, -0.2) is 0 Å². The molecule has 108 valence electrons. The zero-order valence-electron chi connectivity index (χ0n) is 12.2. The second-order valence-electron chi connectivity index (χ2n) is 5.27. The SMILES string of the molecule is CC(=O)N1c2ccccc2SCCCC1c1ccccc1. The van der Waals surface area contributed by atoms with Crippen LogP contribution in [-0.2, 0) is 4.79 Å². The van der Waals surface area contributed by atoms with Gasteiger partial charge < -0.3 is 4.90 Å². The molecule has 2 nitrogen and oxygen atoms in total. The molecule has 0 fully saturated rings. The predicted molar refractivity (Wildman–Crippen MR) is 88.7 cm³/mol. The van der Waals surface area contributed by atoms with Crippen LogP contribution in [0.4, 0.5) is 5.69 Å². The highest BCUT2D eigenvalue weighted by atomic mass is 32.2. The maximum absolute atomic E-state index is 12.3. The fourth-order valence-electron chi connectivity index (χ4n) is 2.91. The van der Waals surface area contributed by atoms with E-state index in [1.807, 2.05) is 47.0 Å². The van der Waals surface area contributed by atoms with Gasteiger partial charge in [0.05, 0.1) is 11.7 Å². The van der Waals surface area contributed by atoms with E-state index in [1.165, 1.54) is 10.5 Å². The predicted octanol–water partition coefficient (Wildman–Crippen LogP) is 4.67.